The Kier molecular flexibility index (Phi) is 2.88. The fourth-order valence-electron chi connectivity index (χ4n) is 1.46. The summed E-state index contributed by atoms with van der Waals surface area (Å²) in [5, 5.41) is 31.8. The zero-order valence-corrected chi connectivity index (χ0v) is 9.49. The summed E-state index contributed by atoms with van der Waals surface area (Å²) >= 11 is 0. The second-order valence-corrected chi connectivity index (χ2v) is 3.38. The average Bonchev–Trinajstić information content (AvgIpc) is 2.82. The van der Waals surface area contributed by atoms with E-state index >= 15 is 0 Å². The summed E-state index contributed by atoms with van der Waals surface area (Å²) in [6, 6.07) is 3.29. The number of aryl methyl sites for hydroxylation is 1. The monoisotopic (exact) mass is 256 g/mol. The first kappa shape index (κ1) is 12.1. The molecule has 2 heterocycles. The molecule has 0 aliphatic heterocycles. The molecule has 0 saturated heterocycles. The number of nitriles is 2. The lowest BCUT2D eigenvalue weighted by molar-refractivity contribution is -0.384. The topological polar surface area (TPSA) is 143 Å². The van der Waals surface area contributed by atoms with Gasteiger partial charge in [-0.15, -0.1) is 0 Å². The predicted octanol–water partition coefficient (Wildman–Crippen LogP) is 1.09. The Hall–Kier alpha value is -3.33. The minimum atomic E-state index is -0.762. The molecule has 0 atom stereocenters. The molecule has 92 valence electrons. The van der Waals surface area contributed by atoms with Crippen molar-refractivity contribution in [1.82, 2.24) is 15.1 Å². The van der Waals surface area contributed by atoms with Gasteiger partial charge in [-0.3, -0.25) is 10.1 Å². The van der Waals surface area contributed by atoms with Gasteiger partial charge in [0.25, 0.3) is 0 Å². The number of hydrogen-bond acceptors (Lipinski definition) is 8. The number of nitro groups is 1. The lowest BCUT2D eigenvalue weighted by atomic mass is 10.1. The molecule has 0 fully saturated rings. The Morgan fingerprint density at radius 2 is 2.16 bits per heavy atom. The van der Waals surface area contributed by atoms with Crippen molar-refractivity contribution in [2.75, 3.05) is 0 Å². The van der Waals surface area contributed by atoms with Crippen molar-refractivity contribution in [3.05, 3.63) is 33.6 Å². The van der Waals surface area contributed by atoms with Gasteiger partial charge in [-0.05, 0) is 6.92 Å². The molecule has 0 spiro atoms. The standard InChI is InChI=1S/C10H4N6O3/c1-5-6(4-13-8(3-12)14-5)9-10(16(17)18)7(2-11)19-15-9/h4H,1H3. The van der Waals surface area contributed by atoms with Crippen molar-refractivity contribution >= 4 is 5.69 Å². The highest BCUT2D eigenvalue weighted by Gasteiger charge is 2.29. The molecule has 0 radical (unpaired) electrons. The quantitative estimate of drug-likeness (QED) is 0.573. The van der Waals surface area contributed by atoms with Gasteiger partial charge >= 0.3 is 11.4 Å². The molecule has 0 amide bonds. The minimum Gasteiger partial charge on any atom is -0.337 e. The van der Waals surface area contributed by atoms with E-state index in [0.717, 1.165) is 0 Å². The van der Waals surface area contributed by atoms with Crippen LogP contribution in [0.2, 0.25) is 0 Å². The van der Waals surface area contributed by atoms with E-state index in [0.29, 0.717) is 5.69 Å². The fourth-order valence-corrected chi connectivity index (χ4v) is 1.46. The molecule has 0 aliphatic rings. The van der Waals surface area contributed by atoms with Crippen molar-refractivity contribution in [1.29, 1.82) is 10.5 Å². The first-order valence-electron chi connectivity index (χ1n) is 4.86. The highest BCUT2D eigenvalue weighted by molar-refractivity contribution is 5.72. The summed E-state index contributed by atoms with van der Waals surface area (Å²) in [7, 11) is 0. The maximum Gasteiger partial charge on any atom is 0.354 e. The molecule has 19 heavy (non-hydrogen) atoms. The van der Waals surface area contributed by atoms with Crippen LogP contribution in [-0.4, -0.2) is 20.0 Å². The molecule has 0 unspecified atom stereocenters. The van der Waals surface area contributed by atoms with Crippen molar-refractivity contribution in [2.45, 2.75) is 6.92 Å². The summed E-state index contributed by atoms with van der Waals surface area (Å²) in [6.45, 7) is 1.54. The van der Waals surface area contributed by atoms with Gasteiger partial charge in [0, 0.05) is 6.20 Å². The van der Waals surface area contributed by atoms with E-state index in [4.69, 9.17) is 10.5 Å². The van der Waals surface area contributed by atoms with Crippen LogP contribution in [-0.2, 0) is 0 Å². The number of aromatic nitrogens is 3. The van der Waals surface area contributed by atoms with E-state index in [1.165, 1.54) is 6.20 Å². The van der Waals surface area contributed by atoms with Gasteiger partial charge in [0.2, 0.25) is 5.82 Å². The van der Waals surface area contributed by atoms with Crippen molar-refractivity contribution in [3.63, 3.8) is 0 Å². The van der Waals surface area contributed by atoms with Gasteiger partial charge in [-0.25, -0.2) is 9.97 Å². The molecule has 2 aromatic heterocycles. The fraction of sp³-hybridized carbons (Fsp3) is 0.100. The van der Waals surface area contributed by atoms with E-state index in [1.54, 1.807) is 19.1 Å². The zero-order valence-electron chi connectivity index (χ0n) is 9.49. The third kappa shape index (κ3) is 1.96. The van der Waals surface area contributed by atoms with Crippen LogP contribution >= 0.6 is 0 Å². The normalized spacial score (nSPS) is 9.63. The molecule has 2 aromatic rings. The Bertz CT molecular complexity index is 752. The highest BCUT2D eigenvalue weighted by Crippen LogP contribution is 2.32. The van der Waals surface area contributed by atoms with Gasteiger partial charge in [-0.2, -0.15) is 10.5 Å². The summed E-state index contributed by atoms with van der Waals surface area (Å²) in [6.07, 6.45) is 1.23. The van der Waals surface area contributed by atoms with Gasteiger partial charge in [0.15, 0.2) is 5.69 Å². The Labute approximate surface area is 105 Å². The Balaban J connectivity index is 2.67. The van der Waals surface area contributed by atoms with E-state index < -0.39 is 16.4 Å². The number of nitrogens with zero attached hydrogens (tertiary/aromatic N) is 6. The predicted molar refractivity (Wildman–Crippen MR) is 58.4 cm³/mol. The van der Waals surface area contributed by atoms with Crippen molar-refractivity contribution < 1.29 is 9.45 Å². The average molecular weight is 256 g/mol. The number of hydrogen-bond donors (Lipinski definition) is 0. The second-order valence-electron chi connectivity index (χ2n) is 3.38. The lowest BCUT2D eigenvalue weighted by Gasteiger charge is -1.99. The molecule has 9 heteroatoms. The summed E-state index contributed by atoms with van der Waals surface area (Å²) in [4.78, 5) is 17.7. The van der Waals surface area contributed by atoms with Crippen LogP contribution in [0.5, 0.6) is 0 Å². The molecule has 2 rings (SSSR count). The first-order valence-corrected chi connectivity index (χ1v) is 4.86. The van der Waals surface area contributed by atoms with Crippen LogP contribution < -0.4 is 0 Å². The second kappa shape index (κ2) is 4.50. The van der Waals surface area contributed by atoms with E-state index in [-0.39, 0.29) is 17.1 Å². The lowest BCUT2D eigenvalue weighted by Crippen LogP contribution is -1.97. The molecular formula is C10H4N6O3. The Morgan fingerprint density at radius 1 is 1.42 bits per heavy atom. The Morgan fingerprint density at radius 3 is 2.68 bits per heavy atom. The maximum absolute atomic E-state index is 10.9. The molecule has 0 N–H and O–H groups in total. The van der Waals surface area contributed by atoms with E-state index in [9.17, 15) is 10.1 Å². The van der Waals surface area contributed by atoms with E-state index in [1.807, 2.05) is 0 Å². The van der Waals surface area contributed by atoms with Gasteiger partial charge in [0.1, 0.15) is 12.1 Å². The van der Waals surface area contributed by atoms with Gasteiger partial charge in [0.05, 0.1) is 16.2 Å². The summed E-state index contributed by atoms with van der Waals surface area (Å²) in [5.41, 5.74) is -0.120. The third-order valence-corrected chi connectivity index (χ3v) is 2.29. The van der Waals surface area contributed by atoms with Crippen LogP contribution in [0.25, 0.3) is 11.3 Å². The van der Waals surface area contributed by atoms with E-state index in [2.05, 4.69) is 19.6 Å². The SMILES string of the molecule is Cc1nc(C#N)ncc1-c1noc(C#N)c1[N+](=O)[O-]. The van der Waals surface area contributed by atoms with Crippen LogP contribution in [0.15, 0.2) is 10.7 Å². The van der Waals surface area contributed by atoms with Crippen LogP contribution in [0.1, 0.15) is 17.3 Å². The van der Waals surface area contributed by atoms with Gasteiger partial charge < -0.3 is 4.52 Å². The smallest absolute Gasteiger partial charge is 0.337 e. The molecule has 0 saturated carbocycles. The van der Waals surface area contributed by atoms with Crippen LogP contribution in [0.3, 0.4) is 0 Å². The third-order valence-electron chi connectivity index (χ3n) is 2.29. The van der Waals surface area contributed by atoms with Crippen LogP contribution in [0, 0.1) is 39.7 Å². The zero-order chi connectivity index (χ0) is 14.0. The number of rotatable bonds is 2. The molecular weight excluding hydrogens is 252 g/mol. The van der Waals surface area contributed by atoms with Crippen molar-refractivity contribution in [3.8, 4) is 23.4 Å². The summed E-state index contributed by atoms with van der Waals surface area (Å²) < 4.78 is 4.60. The van der Waals surface area contributed by atoms with Crippen LogP contribution in [0.4, 0.5) is 5.69 Å². The first-order chi connectivity index (χ1) is 9.08. The highest BCUT2D eigenvalue weighted by atomic mass is 16.6. The minimum absolute atomic E-state index is 0.0621. The van der Waals surface area contributed by atoms with Gasteiger partial charge in [-0.1, -0.05) is 5.16 Å². The molecule has 9 nitrogen and oxygen atoms in total. The molecule has 0 aliphatic carbocycles. The summed E-state index contributed by atoms with van der Waals surface area (Å²) in [5.74, 6) is -0.559. The molecule has 0 aromatic carbocycles. The van der Waals surface area contributed by atoms with Crippen molar-refractivity contribution in [2.24, 2.45) is 0 Å². The maximum atomic E-state index is 10.9. The molecule has 0 bridgehead atoms. The largest absolute Gasteiger partial charge is 0.354 e.